The molecule has 22 heavy (non-hydrogen) atoms. The quantitative estimate of drug-likeness (QED) is 0.347. The molecule has 2 aromatic rings. The lowest BCUT2D eigenvalue weighted by atomic mass is 10.2. The Morgan fingerprint density at radius 3 is 2.45 bits per heavy atom. The molecule has 0 aliphatic rings. The van der Waals surface area contributed by atoms with Crippen LogP contribution in [0.25, 0.3) is 6.08 Å². The number of carbonyl (C=O) groups is 1. The van der Waals surface area contributed by atoms with Gasteiger partial charge in [0, 0.05) is 12.2 Å². The minimum Gasteiger partial charge on any atom is -0.461 e. The SMILES string of the molecule is O=C(C=C=Cc1occc1[N+](=O)[O-])Cc1occc1[N+](=O)[O-]. The Hall–Kier alpha value is -3.45. The summed E-state index contributed by atoms with van der Waals surface area (Å²) in [6.45, 7) is 0. The number of hydrogen-bond donors (Lipinski definition) is 0. The van der Waals surface area contributed by atoms with E-state index >= 15 is 0 Å². The van der Waals surface area contributed by atoms with E-state index < -0.39 is 15.6 Å². The molecule has 0 saturated carbocycles. The lowest BCUT2D eigenvalue weighted by molar-refractivity contribution is -0.386. The van der Waals surface area contributed by atoms with Gasteiger partial charge in [-0.2, -0.15) is 0 Å². The molecule has 0 aliphatic heterocycles. The van der Waals surface area contributed by atoms with Gasteiger partial charge in [0.2, 0.25) is 5.76 Å². The molecular formula is C13H8N2O7. The average molecular weight is 304 g/mol. The fourth-order valence-electron chi connectivity index (χ4n) is 1.62. The lowest BCUT2D eigenvalue weighted by Crippen LogP contribution is -1.99. The van der Waals surface area contributed by atoms with Crippen molar-refractivity contribution in [2.75, 3.05) is 0 Å². The summed E-state index contributed by atoms with van der Waals surface area (Å²) in [6.07, 6.45) is 4.07. The van der Waals surface area contributed by atoms with Crippen molar-refractivity contribution >= 4 is 23.2 Å². The summed E-state index contributed by atoms with van der Waals surface area (Å²) in [6, 6.07) is 2.32. The molecule has 9 nitrogen and oxygen atoms in total. The number of furan rings is 2. The van der Waals surface area contributed by atoms with Crippen molar-refractivity contribution in [1.82, 2.24) is 0 Å². The highest BCUT2D eigenvalue weighted by Crippen LogP contribution is 2.21. The third-order valence-corrected chi connectivity index (χ3v) is 2.58. The first-order valence-corrected chi connectivity index (χ1v) is 5.87. The Kier molecular flexibility index (Phi) is 4.30. The monoisotopic (exact) mass is 304 g/mol. The van der Waals surface area contributed by atoms with Gasteiger partial charge in [-0.1, -0.05) is 0 Å². The first-order valence-electron chi connectivity index (χ1n) is 5.87. The molecule has 0 aromatic carbocycles. The summed E-state index contributed by atoms with van der Waals surface area (Å²) in [5, 5.41) is 21.3. The average Bonchev–Trinajstić information content (AvgIpc) is 3.07. The van der Waals surface area contributed by atoms with Crippen LogP contribution in [0, 0.1) is 20.2 Å². The van der Waals surface area contributed by atoms with Gasteiger partial charge in [0.15, 0.2) is 11.5 Å². The van der Waals surface area contributed by atoms with Gasteiger partial charge in [0.05, 0.1) is 40.9 Å². The standard InChI is InChI=1S/C13H8N2O7/c16-9(8-13-11(15(19)20)5-7-22-13)2-1-3-12-10(14(17)18)4-6-21-12/h2-7H,8H2. The van der Waals surface area contributed by atoms with Crippen LogP contribution in [0.5, 0.6) is 0 Å². The van der Waals surface area contributed by atoms with Gasteiger partial charge in [-0.15, -0.1) is 5.73 Å². The molecule has 0 N–H and O–H groups in total. The van der Waals surface area contributed by atoms with Gasteiger partial charge in [-0.05, 0) is 0 Å². The molecule has 2 rings (SSSR count). The first-order chi connectivity index (χ1) is 10.5. The highest BCUT2D eigenvalue weighted by molar-refractivity contribution is 5.91. The maximum absolute atomic E-state index is 11.6. The molecule has 112 valence electrons. The second kappa shape index (κ2) is 6.33. The van der Waals surface area contributed by atoms with Crippen LogP contribution in [0.15, 0.2) is 45.3 Å². The van der Waals surface area contributed by atoms with Gasteiger partial charge in [-0.25, -0.2) is 0 Å². The number of nitrogens with zero attached hydrogens (tertiary/aromatic N) is 2. The van der Waals surface area contributed by atoms with Crippen LogP contribution < -0.4 is 0 Å². The van der Waals surface area contributed by atoms with Crippen molar-refractivity contribution in [3.63, 3.8) is 0 Å². The highest BCUT2D eigenvalue weighted by Gasteiger charge is 2.19. The van der Waals surface area contributed by atoms with E-state index in [0.29, 0.717) is 0 Å². The number of allylic oxidation sites excluding steroid dienone is 1. The van der Waals surface area contributed by atoms with Crippen LogP contribution in [-0.4, -0.2) is 15.6 Å². The molecule has 0 fully saturated rings. The summed E-state index contributed by atoms with van der Waals surface area (Å²) in [5.74, 6) is -0.640. The van der Waals surface area contributed by atoms with Crippen molar-refractivity contribution in [2.24, 2.45) is 0 Å². The van der Waals surface area contributed by atoms with E-state index in [2.05, 4.69) is 5.73 Å². The number of carbonyl (C=O) groups excluding carboxylic acids is 1. The summed E-state index contributed by atoms with van der Waals surface area (Å²) in [5.41, 5.74) is 1.90. The maximum Gasteiger partial charge on any atom is 0.315 e. The molecule has 9 heteroatoms. The Balaban J connectivity index is 2.10. The van der Waals surface area contributed by atoms with E-state index in [0.717, 1.165) is 30.7 Å². The van der Waals surface area contributed by atoms with Crippen molar-refractivity contribution in [2.45, 2.75) is 6.42 Å². The predicted octanol–water partition coefficient (Wildman–Crippen LogP) is 2.67. The van der Waals surface area contributed by atoms with Gasteiger partial charge >= 0.3 is 11.4 Å². The molecule has 2 aromatic heterocycles. The van der Waals surface area contributed by atoms with E-state index in [-0.39, 0.29) is 29.3 Å². The Bertz CT molecular complexity index is 793. The van der Waals surface area contributed by atoms with Crippen molar-refractivity contribution in [1.29, 1.82) is 0 Å². The Labute approximate surface area is 122 Å². The van der Waals surface area contributed by atoms with Crippen molar-refractivity contribution < 1.29 is 23.5 Å². The van der Waals surface area contributed by atoms with Crippen LogP contribution in [0.2, 0.25) is 0 Å². The molecule has 0 bridgehead atoms. The molecule has 0 unspecified atom stereocenters. The van der Waals surface area contributed by atoms with Gasteiger partial charge < -0.3 is 8.83 Å². The summed E-state index contributed by atoms with van der Waals surface area (Å²) >= 11 is 0. The second-order valence-electron chi connectivity index (χ2n) is 4.01. The number of nitro groups is 2. The van der Waals surface area contributed by atoms with E-state index in [1.54, 1.807) is 0 Å². The third-order valence-electron chi connectivity index (χ3n) is 2.58. The Morgan fingerprint density at radius 2 is 1.77 bits per heavy atom. The van der Waals surface area contributed by atoms with E-state index in [1.165, 1.54) is 6.07 Å². The molecule has 0 spiro atoms. The van der Waals surface area contributed by atoms with Crippen molar-refractivity contribution in [3.8, 4) is 0 Å². The van der Waals surface area contributed by atoms with Crippen LogP contribution in [-0.2, 0) is 11.2 Å². The highest BCUT2D eigenvalue weighted by atomic mass is 16.6. The molecule has 0 saturated heterocycles. The summed E-state index contributed by atoms with van der Waals surface area (Å²) in [7, 11) is 0. The van der Waals surface area contributed by atoms with Crippen molar-refractivity contribution in [3.05, 3.63) is 68.2 Å². The molecular weight excluding hydrogens is 296 g/mol. The molecule has 0 amide bonds. The van der Waals surface area contributed by atoms with Crippen LogP contribution in [0.3, 0.4) is 0 Å². The van der Waals surface area contributed by atoms with Crippen LogP contribution >= 0.6 is 0 Å². The van der Waals surface area contributed by atoms with Gasteiger partial charge in [-0.3, -0.25) is 25.0 Å². The van der Waals surface area contributed by atoms with Gasteiger partial charge in [0.1, 0.15) is 0 Å². The van der Waals surface area contributed by atoms with E-state index in [9.17, 15) is 25.0 Å². The summed E-state index contributed by atoms with van der Waals surface area (Å²) in [4.78, 5) is 31.7. The number of ketones is 1. The third kappa shape index (κ3) is 3.35. The zero-order valence-electron chi connectivity index (χ0n) is 10.9. The lowest BCUT2D eigenvalue weighted by Gasteiger charge is -1.91. The predicted molar refractivity (Wildman–Crippen MR) is 72.0 cm³/mol. The zero-order valence-corrected chi connectivity index (χ0v) is 10.9. The second-order valence-corrected chi connectivity index (χ2v) is 4.01. The first kappa shape index (κ1) is 14.9. The van der Waals surface area contributed by atoms with Crippen LogP contribution in [0.4, 0.5) is 11.4 Å². The largest absolute Gasteiger partial charge is 0.461 e. The Morgan fingerprint density at radius 1 is 1.14 bits per heavy atom. The molecule has 0 aliphatic carbocycles. The fraction of sp³-hybridized carbons (Fsp3) is 0.0769. The minimum absolute atomic E-state index is 0.0574. The molecule has 2 heterocycles. The number of rotatable bonds is 6. The molecule has 0 atom stereocenters. The maximum atomic E-state index is 11.6. The molecule has 0 radical (unpaired) electrons. The summed E-state index contributed by atoms with van der Waals surface area (Å²) < 4.78 is 9.74. The van der Waals surface area contributed by atoms with E-state index in [4.69, 9.17) is 8.83 Å². The zero-order chi connectivity index (χ0) is 16.1. The smallest absolute Gasteiger partial charge is 0.315 e. The number of hydrogen-bond acceptors (Lipinski definition) is 7. The normalized spacial score (nSPS) is 9.82. The minimum atomic E-state index is -0.655. The van der Waals surface area contributed by atoms with E-state index in [1.807, 2.05) is 0 Å². The van der Waals surface area contributed by atoms with Gasteiger partial charge in [0.25, 0.3) is 0 Å². The fourth-order valence-corrected chi connectivity index (χ4v) is 1.62. The van der Waals surface area contributed by atoms with Crippen LogP contribution in [0.1, 0.15) is 11.5 Å². The topological polar surface area (TPSA) is 130 Å².